The predicted octanol–water partition coefficient (Wildman–Crippen LogP) is 2.32. The van der Waals surface area contributed by atoms with Crippen LogP contribution in [0.1, 0.15) is 39.0 Å². The van der Waals surface area contributed by atoms with Crippen LogP contribution in [0.5, 0.6) is 0 Å². The van der Waals surface area contributed by atoms with Crippen LogP contribution in [0.2, 0.25) is 0 Å². The molecule has 7 rings (SSSR count). The molecule has 7 aliphatic rings. The van der Waals surface area contributed by atoms with E-state index in [0.29, 0.717) is 36.5 Å². The van der Waals surface area contributed by atoms with Crippen molar-refractivity contribution in [1.82, 2.24) is 4.90 Å². The van der Waals surface area contributed by atoms with E-state index in [9.17, 15) is 0 Å². The molecule has 12 atom stereocenters. The van der Waals surface area contributed by atoms with Crippen LogP contribution in [-0.2, 0) is 28.4 Å². The number of rotatable bonds is 6. The molecular formula is C26H41NO6. The molecule has 2 aliphatic heterocycles. The van der Waals surface area contributed by atoms with Gasteiger partial charge in [0, 0.05) is 64.1 Å². The number of likely N-dealkylation sites (tertiary alicyclic amines) is 1. The van der Waals surface area contributed by atoms with Gasteiger partial charge in [0.15, 0.2) is 0 Å². The fourth-order valence-corrected chi connectivity index (χ4v) is 11.6. The van der Waals surface area contributed by atoms with E-state index in [2.05, 4.69) is 11.8 Å². The lowest BCUT2D eigenvalue weighted by atomic mass is 9.42. The summed E-state index contributed by atoms with van der Waals surface area (Å²) in [6.45, 7) is 5.63. The number of likely N-dealkylation sites (N-methyl/N-ethyl adjacent to an activating group) is 1. The molecule has 0 aromatic rings. The zero-order chi connectivity index (χ0) is 22.8. The standard InChI is InChI=1S/C26H41NO6/c1-6-27-12-23(13-28-2)8-7-19(30-4)26-16-9-15-17(29-3)10-24(20(16)21(15)31-5)25(22(26)27,11-18(23)26)33-14-32-24/h15-22H,6-14H2,1-5H3/t15-,16-,17+,18-,19+,20-,21+,22?,23+,24-,25-,26-/m1/s1. The third-order valence-corrected chi connectivity index (χ3v) is 12.1. The Hall–Kier alpha value is -0.280. The number of methoxy groups -OCH3 is 4. The molecule has 5 aliphatic carbocycles. The van der Waals surface area contributed by atoms with Crippen molar-refractivity contribution in [2.75, 3.05) is 54.9 Å². The van der Waals surface area contributed by atoms with Gasteiger partial charge in [0.2, 0.25) is 0 Å². The Balaban J connectivity index is 1.52. The minimum atomic E-state index is -0.353. The second kappa shape index (κ2) is 6.93. The van der Waals surface area contributed by atoms with Crippen LogP contribution in [0.3, 0.4) is 0 Å². The van der Waals surface area contributed by atoms with Crippen LogP contribution in [-0.4, -0.2) is 95.4 Å². The summed E-state index contributed by atoms with van der Waals surface area (Å²) >= 11 is 0. The second-order valence-electron chi connectivity index (χ2n) is 12.2. The molecule has 1 unspecified atom stereocenters. The summed E-state index contributed by atoms with van der Waals surface area (Å²) in [6.07, 6.45) is 5.89. The Labute approximate surface area is 197 Å². The van der Waals surface area contributed by atoms with Gasteiger partial charge in [-0.3, -0.25) is 4.90 Å². The molecule has 2 heterocycles. The molecule has 186 valence electrons. The number of hydrogen-bond donors (Lipinski definition) is 0. The molecule has 0 N–H and O–H groups in total. The van der Waals surface area contributed by atoms with Crippen LogP contribution in [0.15, 0.2) is 0 Å². The highest BCUT2D eigenvalue weighted by Crippen LogP contribution is 2.82. The van der Waals surface area contributed by atoms with Crippen molar-refractivity contribution in [3.63, 3.8) is 0 Å². The van der Waals surface area contributed by atoms with Crippen molar-refractivity contribution in [1.29, 1.82) is 0 Å². The Bertz CT molecular complexity index is 827. The van der Waals surface area contributed by atoms with Crippen molar-refractivity contribution >= 4 is 0 Å². The number of piperidine rings is 1. The average Bonchev–Trinajstić information content (AvgIpc) is 3.41. The molecule has 3 spiro atoms. The molecule has 7 heteroatoms. The number of ether oxygens (including phenoxy) is 6. The van der Waals surface area contributed by atoms with Crippen LogP contribution in [0, 0.1) is 34.5 Å². The van der Waals surface area contributed by atoms with Crippen molar-refractivity contribution in [2.45, 2.75) is 74.6 Å². The first-order valence-electron chi connectivity index (χ1n) is 13.1. The van der Waals surface area contributed by atoms with E-state index in [1.807, 2.05) is 28.4 Å². The molecule has 0 aromatic carbocycles. The molecule has 5 saturated carbocycles. The summed E-state index contributed by atoms with van der Waals surface area (Å²) in [4.78, 5) is 2.76. The summed E-state index contributed by atoms with van der Waals surface area (Å²) in [5.74, 6) is 1.73. The molecule has 2 saturated heterocycles. The van der Waals surface area contributed by atoms with Crippen LogP contribution >= 0.6 is 0 Å². The van der Waals surface area contributed by atoms with Gasteiger partial charge in [-0.25, -0.2) is 0 Å². The number of hydrogen-bond acceptors (Lipinski definition) is 7. The lowest BCUT2D eigenvalue weighted by Crippen LogP contribution is -2.80. The minimum absolute atomic E-state index is 0.0375. The predicted molar refractivity (Wildman–Crippen MR) is 120 cm³/mol. The van der Waals surface area contributed by atoms with E-state index in [0.717, 1.165) is 51.8 Å². The maximum atomic E-state index is 6.94. The van der Waals surface area contributed by atoms with E-state index in [1.165, 1.54) is 0 Å². The van der Waals surface area contributed by atoms with E-state index in [1.54, 1.807) is 0 Å². The van der Waals surface area contributed by atoms with Gasteiger partial charge in [-0.05, 0) is 44.1 Å². The highest BCUT2D eigenvalue weighted by Gasteiger charge is 2.90. The number of fused-ring (bicyclic) bond motifs is 1. The molecule has 0 aromatic heterocycles. The first kappa shape index (κ1) is 22.0. The highest BCUT2D eigenvalue weighted by atomic mass is 16.7. The van der Waals surface area contributed by atoms with Crippen LogP contribution in [0.25, 0.3) is 0 Å². The maximum absolute atomic E-state index is 6.94. The van der Waals surface area contributed by atoms with Crippen LogP contribution < -0.4 is 0 Å². The summed E-state index contributed by atoms with van der Waals surface area (Å²) in [7, 11) is 7.59. The van der Waals surface area contributed by atoms with Crippen molar-refractivity contribution in [2.24, 2.45) is 34.5 Å². The van der Waals surface area contributed by atoms with Crippen LogP contribution in [0.4, 0.5) is 0 Å². The first-order chi connectivity index (χ1) is 16.0. The normalized spacial score (nSPS) is 60.3. The number of nitrogens with zero attached hydrogens (tertiary/aromatic N) is 1. The largest absolute Gasteiger partial charge is 0.384 e. The quantitative estimate of drug-likeness (QED) is 0.599. The highest BCUT2D eigenvalue weighted by molar-refractivity contribution is 5.40. The van der Waals surface area contributed by atoms with E-state index >= 15 is 0 Å². The van der Waals surface area contributed by atoms with Gasteiger partial charge in [0.1, 0.15) is 18.0 Å². The minimum Gasteiger partial charge on any atom is -0.384 e. The van der Waals surface area contributed by atoms with Gasteiger partial charge in [0.05, 0.1) is 31.0 Å². The molecule has 0 radical (unpaired) electrons. The van der Waals surface area contributed by atoms with Crippen molar-refractivity contribution < 1.29 is 28.4 Å². The monoisotopic (exact) mass is 463 g/mol. The zero-order valence-electron chi connectivity index (χ0n) is 20.9. The second-order valence-corrected chi connectivity index (χ2v) is 12.2. The Morgan fingerprint density at radius 1 is 1.00 bits per heavy atom. The van der Waals surface area contributed by atoms with Gasteiger partial charge in [0.25, 0.3) is 0 Å². The van der Waals surface area contributed by atoms with Crippen molar-refractivity contribution in [3.05, 3.63) is 0 Å². The van der Waals surface area contributed by atoms with Gasteiger partial charge in [-0.15, -0.1) is 0 Å². The maximum Gasteiger partial charge on any atom is 0.148 e. The lowest BCUT2D eigenvalue weighted by molar-refractivity contribution is -0.286. The fraction of sp³-hybridized carbons (Fsp3) is 1.00. The van der Waals surface area contributed by atoms with Gasteiger partial charge in [-0.2, -0.15) is 0 Å². The summed E-state index contributed by atoms with van der Waals surface area (Å²) < 4.78 is 38.8. The SMILES string of the molecule is CCN1C[C@]2(COC)CC[C@H](OC)[C@]34C1[C@@]1(C[C@H]23)OCO[C@@]12C[C@H](OC)[C@H]1C[C@@H]4[C@@H]2[C@H]1OC. The third kappa shape index (κ3) is 2.09. The summed E-state index contributed by atoms with van der Waals surface area (Å²) in [5.41, 5.74) is -0.509. The summed E-state index contributed by atoms with van der Waals surface area (Å²) in [5, 5.41) is 0. The van der Waals surface area contributed by atoms with Crippen molar-refractivity contribution in [3.8, 4) is 0 Å². The smallest absolute Gasteiger partial charge is 0.148 e. The molecule has 7 fully saturated rings. The molecule has 7 bridgehead atoms. The van der Waals surface area contributed by atoms with E-state index in [-0.39, 0.29) is 40.3 Å². The zero-order valence-corrected chi connectivity index (χ0v) is 20.9. The Morgan fingerprint density at radius 2 is 1.82 bits per heavy atom. The first-order valence-corrected chi connectivity index (χ1v) is 13.1. The molecule has 0 amide bonds. The third-order valence-electron chi connectivity index (χ3n) is 12.1. The van der Waals surface area contributed by atoms with Gasteiger partial charge in [-0.1, -0.05) is 6.92 Å². The molecule has 7 nitrogen and oxygen atoms in total. The van der Waals surface area contributed by atoms with Gasteiger partial charge >= 0.3 is 0 Å². The summed E-state index contributed by atoms with van der Waals surface area (Å²) in [6, 6.07) is 0.311. The fourth-order valence-electron chi connectivity index (χ4n) is 11.6. The van der Waals surface area contributed by atoms with E-state index in [4.69, 9.17) is 28.4 Å². The topological polar surface area (TPSA) is 58.6 Å². The molecular weight excluding hydrogens is 422 g/mol. The Kier molecular flexibility index (Phi) is 4.61. The molecule has 33 heavy (non-hydrogen) atoms. The lowest BCUT2D eigenvalue weighted by Gasteiger charge is -2.70. The average molecular weight is 464 g/mol. The van der Waals surface area contributed by atoms with Gasteiger partial charge < -0.3 is 28.4 Å². The van der Waals surface area contributed by atoms with E-state index < -0.39 is 0 Å². The Morgan fingerprint density at radius 3 is 2.52 bits per heavy atom.